The minimum Gasteiger partial charge on any atom is -0.338 e. The first-order chi connectivity index (χ1) is 8.42. The number of rotatable bonds is 1. The smallest absolute Gasteiger partial charge is 0.256 e. The van der Waals surface area contributed by atoms with Crippen molar-refractivity contribution in [2.75, 3.05) is 13.1 Å². The monoisotopic (exact) mass is 250 g/mol. The molecule has 1 fully saturated rings. The molecule has 98 valence electrons. The molecule has 0 bridgehead atoms. The van der Waals surface area contributed by atoms with Gasteiger partial charge in [0.15, 0.2) is 0 Å². The van der Waals surface area contributed by atoms with Crippen LogP contribution >= 0.6 is 0 Å². The molecule has 4 heteroatoms. The van der Waals surface area contributed by atoms with Crippen molar-refractivity contribution in [2.45, 2.75) is 26.3 Å². The Morgan fingerprint density at radius 3 is 2.72 bits per heavy atom. The summed E-state index contributed by atoms with van der Waals surface area (Å²) in [6.45, 7) is 5.25. The zero-order chi connectivity index (χ0) is 13.3. The molecule has 1 amide bonds. The number of nitrogens with two attached hydrogens (primary N) is 1. The summed E-state index contributed by atoms with van der Waals surface area (Å²) >= 11 is 0. The van der Waals surface area contributed by atoms with E-state index in [0.29, 0.717) is 13.1 Å². The van der Waals surface area contributed by atoms with Crippen molar-refractivity contribution in [3.05, 3.63) is 35.6 Å². The Hall–Kier alpha value is -1.42. The number of hydrogen-bond acceptors (Lipinski definition) is 2. The maximum atomic E-state index is 13.6. The number of carbonyl (C=O) groups excluding carboxylic acids is 1. The lowest BCUT2D eigenvalue weighted by Crippen LogP contribution is -2.54. The van der Waals surface area contributed by atoms with Gasteiger partial charge in [-0.3, -0.25) is 4.79 Å². The highest BCUT2D eigenvalue weighted by Crippen LogP contribution is 2.28. The third kappa shape index (κ3) is 2.38. The fourth-order valence-corrected chi connectivity index (χ4v) is 2.35. The average molecular weight is 250 g/mol. The molecule has 3 nitrogen and oxygen atoms in total. The minimum atomic E-state index is -0.463. The average Bonchev–Trinajstić information content (AvgIpc) is 2.32. The van der Waals surface area contributed by atoms with Crippen molar-refractivity contribution in [3.8, 4) is 0 Å². The Morgan fingerprint density at radius 2 is 2.11 bits per heavy atom. The first-order valence-electron chi connectivity index (χ1n) is 6.21. The van der Waals surface area contributed by atoms with E-state index in [2.05, 4.69) is 0 Å². The number of piperidine rings is 1. The molecule has 0 radical (unpaired) electrons. The minimum absolute atomic E-state index is 0.0853. The van der Waals surface area contributed by atoms with Gasteiger partial charge in [-0.15, -0.1) is 0 Å². The van der Waals surface area contributed by atoms with Gasteiger partial charge in [0.05, 0.1) is 5.56 Å². The van der Waals surface area contributed by atoms with Gasteiger partial charge in [-0.2, -0.15) is 0 Å². The summed E-state index contributed by atoms with van der Waals surface area (Å²) in [6.07, 6.45) is 0.757. The molecule has 1 atom stereocenters. The second-order valence-electron chi connectivity index (χ2n) is 5.59. The van der Waals surface area contributed by atoms with Crippen LogP contribution < -0.4 is 5.73 Å². The zero-order valence-corrected chi connectivity index (χ0v) is 10.8. The van der Waals surface area contributed by atoms with Crippen LogP contribution in [0.5, 0.6) is 0 Å². The number of likely N-dealkylation sites (tertiary alicyclic amines) is 1. The summed E-state index contributed by atoms with van der Waals surface area (Å²) < 4.78 is 13.6. The maximum absolute atomic E-state index is 13.6. The number of amides is 1. The molecular weight excluding hydrogens is 231 g/mol. The first-order valence-corrected chi connectivity index (χ1v) is 6.21. The van der Waals surface area contributed by atoms with Gasteiger partial charge in [0.2, 0.25) is 0 Å². The molecule has 1 saturated heterocycles. The quantitative estimate of drug-likeness (QED) is 0.829. The molecule has 1 aliphatic heterocycles. The number of benzene rings is 1. The SMILES string of the molecule is CC1(C)CN(C(=O)c2ccccc2F)CCC1N. The summed E-state index contributed by atoms with van der Waals surface area (Å²) in [4.78, 5) is 14.0. The van der Waals surface area contributed by atoms with Crippen LogP contribution in [0.4, 0.5) is 4.39 Å². The van der Waals surface area contributed by atoms with E-state index in [1.165, 1.54) is 12.1 Å². The molecule has 2 rings (SSSR count). The standard InChI is InChI=1S/C14H19FN2O/c1-14(2)9-17(8-7-12(14)16)13(18)10-5-3-4-6-11(10)15/h3-6,12H,7-9,16H2,1-2H3. The fraction of sp³-hybridized carbons (Fsp3) is 0.500. The second kappa shape index (κ2) is 4.69. The van der Waals surface area contributed by atoms with Crippen molar-refractivity contribution in [3.63, 3.8) is 0 Å². The van der Waals surface area contributed by atoms with Gasteiger partial charge >= 0.3 is 0 Å². The van der Waals surface area contributed by atoms with E-state index in [4.69, 9.17) is 5.73 Å². The lowest BCUT2D eigenvalue weighted by molar-refractivity contribution is 0.0528. The Labute approximate surface area is 107 Å². The lowest BCUT2D eigenvalue weighted by atomic mass is 9.79. The summed E-state index contributed by atoms with van der Waals surface area (Å²) in [5.41, 5.74) is 6.05. The van der Waals surface area contributed by atoms with E-state index in [1.54, 1.807) is 17.0 Å². The molecule has 1 heterocycles. The highest BCUT2D eigenvalue weighted by atomic mass is 19.1. The van der Waals surface area contributed by atoms with Crippen LogP contribution in [0.2, 0.25) is 0 Å². The summed E-state index contributed by atoms with van der Waals surface area (Å²) in [5, 5.41) is 0. The predicted octanol–water partition coefficient (Wildman–Crippen LogP) is 2.03. The molecule has 2 N–H and O–H groups in total. The molecule has 0 saturated carbocycles. The van der Waals surface area contributed by atoms with Crippen molar-refractivity contribution in [2.24, 2.45) is 11.1 Å². The number of carbonyl (C=O) groups is 1. The van der Waals surface area contributed by atoms with E-state index in [0.717, 1.165) is 6.42 Å². The fourth-order valence-electron chi connectivity index (χ4n) is 2.35. The number of hydrogen-bond donors (Lipinski definition) is 1. The zero-order valence-electron chi connectivity index (χ0n) is 10.8. The number of nitrogens with zero attached hydrogens (tertiary/aromatic N) is 1. The maximum Gasteiger partial charge on any atom is 0.256 e. The van der Waals surface area contributed by atoms with Gasteiger partial charge in [0.1, 0.15) is 5.82 Å². The normalized spacial score (nSPS) is 22.9. The van der Waals surface area contributed by atoms with Crippen LogP contribution in [0, 0.1) is 11.2 Å². The third-order valence-corrected chi connectivity index (χ3v) is 3.70. The van der Waals surface area contributed by atoms with Crippen LogP contribution in [-0.2, 0) is 0 Å². The number of halogens is 1. The summed E-state index contributed by atoms with van der Waals surface area (Å²) in [7, 11) is 0. The van der Waals surface area contributed by atoms with Crippen molar-refractivity contribution in [1.82, 2.24) is 4.90 Å². The Bertz CT molecular complexity index is 459. The predicted molar refractivity (Wildman–Crippen MR) is 68.7 cm³/mol. The lowest BCUT2D eigenvalue weighted by Gasteiger charge is -2.42. The molecule has 0 spiro atoms. The molecule has 1 aromatic rings. The van der Waals surface area contributed by atoms with Crippen LogP contribution in [0.1, 0.15) is 30.6 Å². The van der Waals surface area contributed by atoms with E-state index in [1.807, 2.05) is 13.8 Å². The topological polar surface area (TPSA) is 46.3 Å². The van der Waals surface area contributed by atoms with Gasteiger partial charge in [-0.25, -0.2) is 4.39 Å². The highest BCUT2D eigenvalue weighted by molar-refractivity contribution is 5.94. The molecule has 1 unspecified atom stereocenters. The van der Waals surface area contributed by atoms with Gasteiger partial charge in [-0.05, 0) is 24.0 Å². The van der Waals surface area contributed by atoms with Crippen LogP contribution in [0.25, 0.3) is 0 Å². The van der Waals surface area contributed by atoms with E-state index in [-0.39, 0.29) is 22.9 Å². The van der Waals surface area contributed by atoms with E-state index < -0.39 is 5.82 Å². The molecule has 18 heavy (non-hydrogen) atoms. The third-order valence-electron chi connectivity index (χ3n) is 3.70. The Kier molecular flexibility index (Phi) is 3.39. The summed E-state index contributed by atoms with van der Waals surface area (Å²) in [5.74, 6) is -0.705. The molecule has 1 aromatic carbocycles. The van der Waals surface area contributed by atoms with E-state index >= 15 is 0 Å². The van der Waals surface area contributed by atoms with Crippen LogP contribution in [0.15, 0.2) is 24.3 Å². The largest absolute Gasteiger partial charge is 0.338 e. The Morgan fingerprint density at radius 1 is 1.44 bits per heavy atom. The highest BCUT2D eigenvalue weighted by Gasteiger charge is 2.35. The Balaban J connectivity index is 2.18. The van der Waals surface area contributed by atoms with Crippen molar-refractivity contribution in [1.29, 1.82) is 0 Å². The van der Waals surface area contributed by atoms with Crippen LogP contribution in [-0.4, -0.2) is 29.9 Å². The van der Waals surface area contributed by atoms with Gasteiger partial charge in [0, 0.05) is 19.1 Å². The first kappa shape index (κ1) is 13.0. The summed E-state index contributed by atoms with van der Waals surface area (Å²) in [6, 6.07) is 6.19. The van der Waals surface area contributed by atoms with Crippen molar-refractivity contribution < 1.29 is 9.18 Å². The molecular formula is C14H19FN2O. The second-order valence-corrected chi connectivity index (χ2v) is 5.59. The van der Waals surface area contributed by atoms with Gasteiger partial charge in [-0.1, -0.05) is 26.0 Å². The van der Waals surface area contributed by atoms with E-state index in [9.17, 15) is 9.18 Å². The van der Waals surface area contributed by atoms with Gasteiger partial charge < -0.3 is 10.6 Å². The van der Waals surface area contributed by atoms with Crippen LogP contribution in [0.3, 0.4) is 0 Å². The van der Waals surface area contributed by atoms with Gasteiger partial charge in [0.25, 0.3) is 5.91 Å². The molecule has 1 aliphatic rings. The van der Waals surface area contributed by atoms with Crippen molar-refractivity contribution >= 4 is 5.91 Å². The molecule has 0 aromatic heterocycles. The molecule has 0 aliphatic carbocycles.